The van der Waals surface area contributed by atoms with Crippen molar-refractivity contribution in [2.45, 2.75) is 37.7 Å². The third kappa shape index (κ3) is 4.10. The smallest absolute Gasteiger partial charge is 0.341 e. The average molecular weight is 335 g/mol. The number of nitrogens with two attached hydrogens (primary N) is 1. The van der Waals surface area contributed by atoms with Gasteiger partial charge in [0.1, 0.15) is 10.8 Å². The van der Waals surface area contributed by atoms with Crippen LogP contribution in [0, 0.1) is 13.8 Å². The molecule has 7 nitrogen and oxygen atoms in total. The Balaban J connectivity index is 2.14. The van der Waals surface area contributed by atoms with Crippen LogP contribution in [0.4, 0.5) is 0 Å². The lowest BCUT2D eigenvalue weighted by atomic mass is 10.2. The molecule has 0 aliphatic carbocycles. The summed E-state index contributed by atoms with van der Waals surface area (Å²) < 4.78 is 10.1. The maximum atomic E-state index is 12.2. The first kappa shape index (κ1) is 17.0. The van der Waals surface area contributed by atoms with Gasteiger partial charge in [-0.15, -0.1) is 11.8 Å². The zero-order valence-electron chi connectivity index (χ0n) is 13.0. The number of rotatable bonds is 6. The van der Waals surface area contributed by atoms with E-state index in [9.17, 15) is 9.59 Å². The summed E-state index contributed by atoms with van der Waals surface area (Å²) in [4.78, 5) is 27.4. The van der Waals surface area contributed by atoms with E-state index >= 15 is 0 Å². The molecule has 0 aromatic carbocycles. The van der Waals surface area contributed by atoms with E-state index < -0.39 is 18.0 Å². The minimum atomic E-state index is -0.997. The number of nitrogens with zero attached hydrogens (tertiary/aromatic N) is 2. The van der Waals surface area contributed by atoms with Crippen molar-refractivity contribution in [2.75, 3.05) is 0 Å². The van der Waals surface area contributed by atoms with Gasteiger partial charge in [0.15, 0.2) is 6.10 Å². The first-order valence-corrected chi connectivity index (χ1v) is 7.88. The molecule has 2 aromatic heterocycles. The number of carbonyl (C=O) groups is 2. The van der Waals surface area contributed by atoms with Crippen LogP contribution in [0.5, 0.6) is 0 Å². The van der Waals surface area contributed by atoms with Crippen LogP contribution in [0.25, 0.3) is 0 Å². The van der Waals surface area contributed by atoms with Crippen LogP contribution in [0.15, 0.2) is 27.9 Å². The Morgan fingerprint density at radius 2 is 2.17 bits per heavy atom. The molecular weight excluding hydrogens is 318 g/mol. The van der Waals surface area contributed by atoms with Crippen LogP contribution in [0.3, 0.4) is 0 Å². The second kappa shape index (κ2) is 7.28. The van der Waals surface area contributed by atoms with Gasteiger partial charge in [0.2, 0.25) is 0 Å². The number of thioether (sulfide) groups is 1. The van der Waals surface area contributed by atoms with Crippen LogP contribution in [0.2, 0.25) is 0 Å². The van der Waals surface area contributed by atoms with E-state index in [4.69, 9.17) is 15.0 Å². The molecule has 2 heterocycles. The molecule has 1 unspecified atom stereocenters. The van der Waals surface area contributed by atoms with Gasteiger partial charge in [-0.05, 0) is 32.9 Å². The molecule has 0 spiro atoms. The second-order valence-corrected chi connectivity index (χ2v) is 5.86. The molecule has 0 bridgehead atoms. The SMILES string of the molecule is Cc1noc(C)c1CSc1ncccc1C(=O)OC(C)C(N)=O. The third-order valence-corrected chi connectivity index (χ3v) is 4.24. The lowest BCUT2D eigenvalue weighted by molar-refractivity contribution is -0.125. The third-order valence-electron chi connectivity index (χ3n) is 3.21. The van der Waals surface area contributed by atoms with E-state index in [2.05, 4.69) is 10.1 Å². The van der Waals surface area contributed by atoms with E-state index in [1.54, 1.807) is 18.3 Å². The first-order chi connectivity index (χ1) is 10.9. The summed E-state index contributed by atoms with van der Waals surface area (Å²) in [7, 11) is 0. The standard InChI is InChI=1S/C15H17N3O4S/c1-8-12(9(2)22-18-8)7-23-14-11(5-4-6-17-14)15(20)21-10(3)13(16)19/h4-6,10H,7H2,1-3H3,(H2,16,19). The van der Waals surface area contributed by atoms with Crippen LogP contribution < -0.4 is 5.73 Å². The molecule has 0 saturated carbocycles. The fourth-order valence-corrected chi connectivity index (χ4v) is 2.93. The fraction of sp³-hybridized carbons (Fsp3) is 0.333. The highest BCUT2D eigenvalue weighted by molar-refractivity contribution is 7.98. The Labute approximate surface area is 137 Å². The van der Waals surface area contributed by atoms with Crippen molar-refractivity contribution in [1.82, 2.24) is 10.1 Å². The zero-order valence-corrected chi connectivity index (χ0v) is 13.8. The monoisotopic (exact) mass is 335 g/mol. The van der Waals surface area contributed by atoms with E-state index in [0.717, 1.165) is 17.0 Å². The van der Waals surface area contributed by atoms with E-state index in [-0.39, 0.29) is 5.56 Å². The van der Waals surface area contributed by atoms with Crippen LogP contribution >= 0.6 is 11.8 Å². The Morgan fingerprint density at radius 1 is 1.43 bits per heavy atom. The van der Waals surface area contributed by atoms with Crippen molar-refractivity contribution in [3.63, 3.8) is 0 Å². The molecule has 2 rings (SSSR count). The number of aromatic nitrogens is 2. The van der Waals surface area contributed by atoms with Crippen LogP contribution in [0.1, 0.15) is 34.3 Å². The zero-order chi connectivity index (χ0) is 17.0. The van der Waals surface area contributed by atoms with Crippen molar-refractivity contribution >= 4 is 23.6 Å². The van der Waals surface area contributed by atoms with E-state index in [1.807, 2.05) is 13.8 Å². The highest BCUT2D eigenvalue weighted by Crippen LogP contribution is 2.27. The van der Waals surface area contributed by atoms with Crippen molar-refractivity contribution in [3.05, 3.63) is 40.9 Å². The first-order valence-electron chi connectivity index (χ1n) is 6.90. The minimum Gasteiger partial charge on any atom is -0.449 e. The van der Waals surface area contributed by atoms with Gasteiger partial charge in [0, 0.05) is 17.5 Å². The highest BCUT2D eigenvalue weighted by Gasteiger charge is 2.20. The van der Waals surface area contributed by atoms with Crippen molar-refractivity contribution in [2.24, 2.45) is 5.73 Å². The Morgan fingerprint density at radius 3 is 2.78 bits per heavy atom. The van der Waals surface area contributed by atoms with Gasteiger partial charge >= 0.3 is 5.97 Å². The minimum absolute atomic E-state index is 0.289. The number of ether oxygens (including phenoxy) is 1. The molecule has 8 heteroatoms. The summed E-state index contributed by atoms with van der Waals surface area (Å²) in [5, 5.41) is 4.40. The second-order valence-electron chi connectivity index (χ2n) is 4.90. The number of pyridine rings is 1. The Bertz CT molecular complexity index is 710. The lowest BCUT2D eigenvalue weighted by Gasteiger charge is -2.11. The number of carbonyl (C=O) groups excluding carboxylic acids is 2. The fourth-order valence-electron chi connectivity index (χ4n) is 1.79. The molecule has 0 radical (unpaired) electrons. The predicted octanol–water partition coefficient (Wildman–Crippen LogP) is 2.01. The molecule has 2 N–H and O–H groups in total. The van der Waals surface area contributed by atoms with Gasteiger partial charge in [-0.1, -0.05) is 5.16 Å². The lowest BCUT2D eigenvalue weighted by Crippen LogP contribution is -2.30. The summed E-state index contributed by atoms with van der Waals surface area (Å²) >= 11 is 1.37. The Hall–Kier alpha value is -2.35. The van der Waals surface area contributed by atoms with Gasteiger partial charge in [-0.3, -0.25) is 4.79 Å². The summed E-state index contributed by atoms with van der Waals surface area (Å²) in [6.07, 6.45) is 0.590. The highest BCUT2D eigenvalue weighted by atomic mass is 32.2. The van der Waals surface area contributed by atoms with Crippen molar-refractivity contribution in [3.8, 4) is 0 Å². The molecule has 0 aliphatic rings. The molecule has 122 valence electrons. The van der Waals surface area contributed by atoms with E-state index in [0.29, 0.717) is 10.8 Å². The molecule has 23 heavy (non-hydrogen) atoms. The summed E-state index contributed by atoms with van der Waals surface area (Å²) in [5.41, 5.74) is 7.16. The van der Waals surface area contributed by atoms with Gasteiger partial charge in [0.05, 0.1) is 11.3 Å². The number of aryl methyl sites for hydroxylation is 2. The molecule has 0 saturated heterocycles. The van der Waals surface area contributed by atoms with Gasteiger partial charge in [-0.2, -0.15) is 0 Å². The van der Waals surface area contributed by atoms with Gasteiger partial charge in [-0.25, -0.2) is 9.78 Å². The topological polar surface area (TPSA) is 108 Å². The van der Waals surface area contributed by atoms with E-state index in [1.165, 1.54) is 18.7 Å². The number of hydrogen-bond acceptors (Lipinski definition) is 7. The van der Waals surface area contributed by atoms with Crippen LogP contribution in [-0.2, 0) is 15.3 Å². The average Bonchev–Trinajstić information content (AvgIpc) is 2.84. The number of amides is 1. The van der Waals surface area contributed by atoms with Gasteiger partial charge < -0.3 is 15.0 Å². The molecule has 0 aliphatic heterocycles. The van der Waals surface area contributed by atoms with Gasteiger partial charge in [0.25, 0.3) is 5.91 Å². The summed E-state index contributed by atoms with van der Waals surface area (Å²) in [6, 6.07) is 3.23. The van der Waals surface area contributed by atoms with Crippen LogP contribution in [-0.4, -0.2) is 28.1 Å². The summed E-state index contributed by atoms with van der Waals surface area (Å²) in [6.45, 7) is 5.11. The Kier molecular flexibility index (Phi) is 5.38. The molecule has 0 fully saturated rings. The number of hydrogen-bond donors (Lipinski definition) is 1. The molecule has 1 amide bonds. The predicted molar refractivity (Wildman–Crippen MR) is 83.8 cm³/mol. The normalized spacial score (nSPS) is 12.0. The van der Waals surface area contributed by atoms with Crippen molar-refractivity contribution in [1.29, 1.82) is 0 Å². The largest absolute Gasteiger partial charge is 0.449 e. The number of esters is 1. The quantitative estimate of drug-likeness (QED) is 0.635. The maximum absolute atomic E-state index is 12.2. The van der Waals surface area contributed by atoms with Crippen molar-refractivity contribution < 1.29 is 18.8 Å². The maximum Gasteiger partial charge on any atom is 0.341 e. The molecule has 2 aromatic rings. The summed E-state index contributed by atoms with van der Waals surface area (Å²) in [5.74, 6) is -0.0423. The molecular formula is C15H17N3O4S. The molecule has 1 atom stereocenters. The number of primary amides is 1.